The lowest BCUT2D eigenvalue weighted by molar-refractivity contribution is -0.117. The number of benzene rings is 1. The van der Waals surface area contributed by atoms with Gasteiger partial charge in [0.2, 0.25) is 5.91 Å². The standard InChI is InChI=1S/C22H37N5O/c1-6-18(7-2)20(26(4)5)16-25-22(23-3)24-15-17-10-12-19(13-11-17)27-14-8-9-21(27)28/h10-13,18,20H,6-9,14-16H2,1-5H3,(H2,23,24,25). The summed E-state index contributed by atoms with van der Waals surface area (Å²) in [5.41, 5.74) is 2.16. The van der Waals surface area contributed by atoms with Gasteiger partial charge in [-0.15, -0.1) is 0 Å². The molecule has 2 N–H and O–H groups in total. The quantitative estimate of drug-likeness (QED) is 0.505. The Morgan fingerprint density at radius 2 is 1.86 bits per heavy atom. The monoisotopic (exact) mass is 387 g/mol. The number of rotatable bonds is 9. The maximum atomic E-state index is 11.9. The summed E-state index contributed by atoms with van der Waals surface area (Å²) in [6.45, 7) is 6.92. The third-order valence-electron chi connectivity index (χ3n) is 5.74. The summed E-state index contributed by atoms with van der Waals surface area (Å²) in [7, 11) is 6.10. The predicted octanol–water partition coefficient (Wildman–Crippen LogP) is 2.84. The smallest absolute Gasteiger partial charge is 0.227 e. The van der Waals surface area contributed by atoms with Gasteiger partial charge in [-0.05, 0) is 44.1 Å². The average Bonchev–Trinajstić information content (AvgIpc) is 3.13. The molecule has 6 nitrogen and oxygen atoms in total. The molecule has 1 aromatic carbocycles. The molecule has 0 spiro atoms. The zero-order valence-electron chi connectivity index (χ0n) is 18.2. The minimum Gasteiger partial charge on any atom is -0.355 e. The van der Waals surface area contributed by atoms with Crippen LogP contribution < -0.4 is 15.5 Å². The number of carbonyl (C=O) groups is 1. The van der Waals surface area contributed by atoms with E-state index in [-0.39, 0.29) is 5.91 Å². The van der Waals surface area contributed by atoms with Crippen molar-refractivity contribution in [3.63, 3.8) is 0 Å². The molecule has 1 atom stereocenters. The second-order valence-electron chi connectivity index (χ2n) is 7.73. The molecule has 0 aromatic heterocycles. The van der Waals surface area contributed by atoms with E-state index in [1.165, 1.54) is 18.4 Å². The second-order valence-corrected chi connectivity index (χ2v) is 7.73. The van der Waals surface area contributed by atoms with E-state index in [4.69, 9.17) is 0 Å². The molecule has 1 aliphatic rings. The lowest BCUT2D eigenvalue weighted by Gasteiger charge is -2.32. The average molecular weight is 388 g/mol. The summed E-state index contributed by atoms with van der Waals surface area (Å²) < 4.78 is 0. The number of hydrogen-bond donors (Lipinski definition) is 2. The van der Waals surface area contributed by atoms with Gasteiger partial charge in [-0.2, -0.15) is 0 Å². The number of nitrogens with zero attached hydrogens (tertiary/aromatic N) is 3. The van der Waals surface area contributed by atoms with Crippen LogP contribution >= 0.6 is 0 Å². The van der Waals surface area contributed by atoms with Crippen molar-refractivity contribution >= 4 is 17.6 Å². The Morgan fingerprint density at radius 1 is 1.18 bits per heavy atom. The van der Waals surface area contributed by atoms with Crippen LogP contribution in [0.2, 0.25) is 0 Å². The summed E-state index contributed by atoms with van der Waals surface area (Å²) in [4.78, 5) is 20.4. The van der Waals surface area contributed by atoms with Crippen LogP contribution in [0.3, 0.4) is 0 Å². The van der Waals surface area contributed by atoms with Gasteiger partial charge in [0.1, 0.15) is 0 Å². The number of carbonyl (C=O) groups excluding carboxylic acids is 1. The summed E-state index contributed by atoms with van der Waals surface area (Å²) in [6.07, 6.45) is 3.98. The highest BCUT2D eigenvalue weighted by Gasteiger charge is 2.22. The second kappa shape index (κ2) is 11.1. The van der Waals surface area contributed by atoms with E-state index in [0.717, 1.165) is 31.2 Å². The van der Waals surface area contributed by atoms with Crippen LogP contribution in [-0.2, 0) is 11.3 Å². The molecule has 2 rings (SSSR count). The van der Waals surface area contributed by atoms with Crippen molar-refractivity contribution in [3.05, 3.63) is 29.8 Å². The SMILES string of the molecule is CCC(CC)C(CNC(=NC)NCc1ccc(N2CCCC2=O)cc1)N(C)C. The van der Waals surface area contributed by atoms with Gasteiger partial charge in [0.05, 0.1) is 0 Å². The highest BCUT2D eigenvalue weighted by Crippen LogP contribution is 2.21. The zero-order valence-corrected chi connectivity index (χ0v) is 18.2. The molecule has 1 aliphatic heterocycles. The number of likely N-dealkylation sites (N-methyl/N-ethyl adjacent to an activating group) is 1. The molecule has 1 unspecified atom stereocenters. The molecular formula is C22H37N5O. The Hall–Kier alpha value is -2.08. The Kier molecular flexibility index (Phi) is 8.77. The first-order chi connectivity index (χ1) is 13.5. The van der Waals surface area contributed by atoms with Crippen LogP contribution in [0.1, 0.15) is 45.1 Å². The van der Waals surface area contributed by atoms with Crippen molar-refractivity contribution in [1.29, 1.82) is 0 Å². The molecule has 0 saturated carbocycles. The predicted molar refractivity (Wildman–Crippen MR) is 118 cm³/mol. The van der Waals surface area contributed by atoms with Crippen molar-refractivity contribution in [2.75, 3.05) is 39.1 Å². The number of amides is 1. The first kappa shape index (κ1) is 22.2. The van der Waals surface area contributed by atoms with Gasteiger partial charge >= 0.3 is 0 Å². The molecule has 1 saturated heterocycles. The zero-order chi connectivity index (χ0) is 20.5. The van der Waals surface area contributed by atoms with Crippen molar-refractivity contribution < 1.29 is 4.79 Å². The third kappa shape index (κ3) is 5.96. The fourth-order valence-electron chi connectivity index (χ4n) is 3.93. The van der Waals surface area contributed by atoms with Gasteiger partial charge < -0.3 is 20.4 Å². The van der Waals surface area contributed by atoms with Gasteiger partial charge in [-0.3, -0.25) is 9.79 Å². The third-order valence-corrected chi connectivity index (χ3v) is 5.74. The molecule has 0 aliphatic carbocycles. The van der Waals surface area contributed by atoms with Gasteiger partial charge in [-0.25, -0.2) is 0 Å². The highest BCUT2D eigenvalue weighted by atomic mass is 16.2. The van der Waals surface area contributed by atoms with E-state index in [0.29, 0.717) is 24.9 Å². The normalized spacial score (nSPS) is 16.2. The minimum atomic E-state index is 0.225. The van der Waals surface area contributed by atoms with Crippen LogP contribution in [0.4, 0.5) is 5.69 Å². The first-order valence-corrected chi connectivity index (χ1v) is 10.5. The number of guanidine groups is 1. The maximum Gasteiger partial charge on any atom is 0.227 e. The molecule has 156 valence electrons. The van der Waals surface area contributed by atoms with Crippen molar-refractivity contribution in [1.82, 2.24) is 15.5 Å². The van der Waals surface area contributed by atoms with Gasteiger partial charge in [-0.1, -0.05) is 38.8 Å². The van der Waals surface area contributed by atoms with Crippen LogP contribution in [0.15, 0.2) is 29.3 Å². The topological polar surface area (TPSA) is 60.0 Å². The Labute approximate surface area is 170 Å². The number of anilines is 1. The van der Waals surface area contributed by atoms with Crippen LogP contribution in [0.5, 0.6) is 0 Å². The van der Waals surface area contributed by atoms with Crippen LogP contribution in [0, 0.1) is 5.92 Å². The van der Waals surface area contributed by atoms with Crippen molar-refractivity contribution in [2.45, 2.75) is 52.1 Å². The number of hydrogen-bond acceptors (Lipinski definition) is 3. The van der Waals surface area contributed by atoms with E-state index in [9.17, 15) is 4.79 Å². The lowest BCUT2D eigenvalue weighted by atomic mass is 9.93. The molecule has 1 amide bonds. The fraction of sp³-hybridized carbons (Fsp3) is 0.636. The minimum absolute atomic E-state index is 0.225. The first-order valence-electron chi connectivity index (χ1n) is 10.5. The molecule has 0 bridgehead atoms. The van der Waals surface area contributed by atoms with Gasteiger partial charge in [0.25, 0.3) is 0 Å². The Balaban J connectivity index is 1.87. The van der Waals surface area contributed by atoms with E-state index >= 15 is 0 Å². The molecule has 1 aromatic rings. The lowest BCUT2D eigenvalue weighted by Crippen LogP contribution is -2.47. The highest BCUT2D eigenvalue weighted by molar-refractivity contribution is 5.95. The molecule has 28 heavy (non-hydrogen) atoms. The molecule has 1 heterocycles. The van der Waals surface area contributed by atoms with E-state index < -0.39 is 0 Å². The largest absolute Gasteiger partial charge is 0.355 e. The van der Waals surface area contributed by atoms with Gasteiger partial charge in [0.15, 0.2) is 5.96 Å². The molecular weight excluding hydrogens is 350 g/mol. The Bertz CT molecular complexity index is 637. The van der Waals surface area contributed by atoms with Crippen LogP contribution in [0.25, 0.3) is 0 Å². The molecule has 0 radical (unpaired) electrons. The number of aliphatic imine (C=N–C) groups is 1. The van der Waals surface area contributed by atoms with Crippen molar-refractivity contribution in [2.24, 2.45) is 10.9 Å². The van der Waals surface area contributed by atoms with Crippen molar-refractivity contribution in [3.8, 4) is 0 Å². The fourth-order valence-corrected chi connectivity index (χ4v) is 3.93. The summed E-state index contributed by atoms with van der Waals surface area (Å²) in [6, 6.07) is 8.70. The van der Waals surface area contributed by atoms with E-state index in [1.807, 2.05) is 17.0 Å². The van der Waals surface area contributed by atoms with Gasteiger partial charge in [0, 0.05) is 44.8 Å². The molecule has 1 fully saturated rings. The van der Waals surface area contributed by atoms with E-state index in [2.05, 4.69) is 60.6 Å². The van der Waals surface area contributed by atoms with Crippen LogP contribution in [-0.4, -0.2) is 57.0 Å². The Morgan fingerprint density at radius 3 is 2.36 bits per heavy atom. The van der Waals surface area contributed by atoms with E-state index in [1.54, 1.807) is 7.05 Å². The summed E-state index contributed by atoms with van der Waals surface area (Å²) in [5.74, 6) is 1.71. The summed E-state index contributed by atoms with van der Waals surface area (Å²) in [5, 5.41) is 6.87. The summed E-state index contributed by atoms with van der Waals surface area (Å²) >= 11 is 0. The maximum absolute atomic E-state index is 11.9. The molecule has 6 heteroatoms. The number of nitrogens with one attached hydrogen (secondary N) is 2.